The third kappa shape index (κ3) is 4.24. The Hall–Kier alpha value is -3.67. The van der Waals surface area contributed by atoms with Gasteiger partial charge in [0.1, 0.15) is 17.3 Å². The molecule has 5 nitrogen and oxygen atoms in total. The molecule has 3 aromatic carbocycles. The molecule has 0 heterocycles. The predicted octanol–water partition coefficient (Wildman–Crippen LogP) is 3.97. The number of amides is 2. The van der Waals surface area contributed by atoms with Crippen LogP contribution in [0.15, 0.2) is 72.8 Å². The molecule has 0 aromatic heterocycles. The molecule has 2 amide bonds. The minimum atomic E-state index is -0.528. The monoisotopic (exact) mass is 350 g/mol. The summed E-state index contributed by atoms with van der Waals surface area (Å²) >= 11 is 0. The molecule has 0 saturated carbocycles. The van der Waals surface area contributed by atoms with E-state index in [1.54, 1.807) is 36.4 Å². The summed E-state index contributed by atoms with van der Waals surface area (Å²) in [5.41, 5.74) is 6.53. The van der Waals surface area contributed by atoms with Gasteiger partial charge in [-0.1, -0.05) is 0 Å². The van der Waals surface area contributed by atoms with E-state index in [1.165, 1.54) is 36.4 Å². The number of halogens is 1. The van der Waals surface area contributed by atoms with Crippen LogP contribution in [0.4, 0.5) is 10.1 Å². The maximum absolute atomic E-state index is 12.9. The van der Waals surface area contributed by atoms with Crippen LogP contribution in [-0.2, 0) is 0 Å². The van der Waals surface area contributed by atoms with E-state index < -0.39 is 5.91 Å². The topological polar surface area (TPSA) is 81.4 Å². The molecule has 130 valence electrons. The van der Waals surface area contributed by atoms with Crippen LogP contribution in [0.25, 0.3) is 0 Å². The van der Waals surface area contributed by atoms with Crippen LogP contribution in [0.5, 0.6) is 11.5 Å². The number of hydrogen-bond donors (Lipinski definition) is 2. The van der Waals surface area contributed by atoms with E-state index in [9.17, 15) is 14.0 Å². The molecule has 3 N–H and O–H groups in total. The molecule has 3 rings (SSSR count). The summed E-state index contributed by atoms with van der Waals surface area (Å²) in [6.07, 6.45) is 0. The Labute approximate surface area is 149 Å². The van der Waals surface area contributed by atoms with Crippen LogP contribution < -0.4 is 15.8 Å². The zero-order chi connectivity index (χ0) is 18.5. The highest BCUT2D eigenvalue weighted by atomic mass is 19.1. The third-order valence-electron chi connectivity index (χ3n) is 3.59. The number of nitrogens with one attached hydrogen (secondary N) is 1. The van der Waals surface area contributed by atoms with Crippen molar-refractivity contribution < 1.29 is 18.7 Å². The maximum atomic E-state index is 12.9. The van der Waals surface area contributed by atoms with Crippen molar-refractivity contribution in [1.82, 2.24) is 0 Å². The number of primary amides is 1. The lowest BCUT2D eigenvalue weighted by Crippen LogP contribution is -2.13. The summed E-state index contributed by atoms with van der Waals surface area (Å²) in [6, 6.07) is 18.5. The van der Waals surface area contributed by atoms with E-state index in [0.717, 1.165) is 0 Å². The second-order valence-corrected chi connectivity index (χ2v) is 5.48. The highest BCUT2D eigenvalue weighted by molar-refractivity contribution is 6.04. The SMILES string of the molecule is NC(=O)c1ccc(NC(=O)c2ccc(Oc3ccc(F)cc3)cc2)cc1. The molecular weight excluding hydrogens is 335 g/mol. The molecular formula is C20H15FN2O3. The zero-order valence-corrected chi connectivity index (χ0v) is 13.6. The zero-order valence-electron chi connectivity index (χ0n) is 13.6. The molecule has 0 aliphatic heterocycles. The van der Waals surface area contributed by atoms with Crippen LogP contribution in [-0.4, -0.2) is 11.8 Å². The third-order valence-corrected chi connectivity index (χ3v) is 3.59. The van der Waals surface area contributed by atoms with Gasteiger partial charge < -0.3 is 15.8 Å². The number of ether oxygens (including phenoxy) is 1. The van der Waals surface area contributed by atoms with Crippen LogP contribution in [0.2, 0.25) is 0 Å². The quantitative estimate of drug-likeness (QED) is 0.730. The molecule has 3 aromatic rings. The van der Waals surface area contributed by atoms with Crippen LogP contribution in [0, 0.1) is 5.82 Å². The van der Waals surface area contributed by atoms with Gasteiger partial charge in [0.15, 0.2) is 0 Å². The molecule has 0 fully saturated rings. The van der Waals surface area contributed by atoms with Crippen molar-refractivity contribution in [2.75, 3.05) is 5.32 Å². The van der Waals surface area contributed by atoms with Crippen molar-refractivity contribution in [3.8, 4) is 11.5 Å². The molecule has 0 aliphatic carbocycles. The largest absolute Gasteiger partial charge is 0.457 e. The number of hydrogen-bond acceptors (Lipinski definition) is 3. The Kier molecular flexibility index (Phi) is 4.94. The van der Waals surface area contributed by atoms with Crippen LogP contribution in [0.1, 0.15) is 20.7 Å². The number of nitrogens with two attached hydrogens (primary N) is 1. The van der Waals surface area contributed by atoms with E-state index in [0.29, 0.717) is 28.3 Å². The number of carbonyl (C=O) groups excluding carboxylic acids is 2. The van der Waals surface area contributed by atoms with Gasteiger partial charge >= 0.3 is 0 Å². The first kappa shape index (κ1) is 17.2. The fraction of sp³-hybridized carbons (Fsp3) is 0. The fourth-order valence-electron chi connectivity index (χ4n) is 2.23. The van der Waals surface area contributed by atoms with Crippen molar-refractivity contribution in [3.05, 3.63) is 89.7 Å². The van der Waals surface area contributed by atoms with Gasteiger partial charge in [-0.2, -0.15) is 0 Å². The summed E-state index contributed by atoms with van der Waals surface area (Å²) in [5.74, 6) is -0.143. The van der Waals surface area contributed by atoms with E-state index >= 15 is 0 Å². The first-order chi connectivity index (χ1) is 12.5. The van der Waals surface area contributed by atoms with Gasteiger partial charge in [-0.25, -0.2) is 4.39 Å². The number of benzene rings is 3. The highest BCUT2D eigenvalue weighted by Crippen LogP contribution is 2.22. The average molecular weight is 350 g/mol. The molecule has 0 atom stereocenters. The van der Waals surface area contributed by atoms with Crippen LogP contribution >= 0.6 is 0 Å². The minimum absolute atomic E-state index is 0.301. The summed E-state index contributed by atoms with van der Waals surface area (Å²) in [5, 5.41) is 2.73. The van der Waals surface area contributed by atoms with Crippen molar-refractivity contribution >= 4 is 17.5 Å². The number of carbonyl (C=O) groups is 2. The Bertz CT molecular complexity index is 921. The number of anilines is 1. The van der Waals surface area contributed by atoms with Gasteiger partial charge in [0.05, 0.1) is 0 Å². The van der Waals surface area contributed by atoms with Crippen molar-refractivity contribution in [1.29, 1.82) is 0 Å². The van der Waals surface area contributed by atoms with Gasteiger partial charge in [0.25, 0.3) is 5.91 Å². The van der Waals surface area contributed by atoms with Gasteiger partial charge in [-0.05, 0) is 72.8 Å². The Morgan fingerprint density at radius 2 is 1.27 bits per heavy atom. The van der Waals surface area contributed by atoms with E-state index in [1.807, 2.05) is 0 Å². The predicted molar refractivity (Wildman–Crippen MR) is 95.8 cm³/mol. The van der Waals surface area contributed by atoms with Gasteiger partial charge in [-0.3, -0.25) is 9.59 Å². The second kappa shape index (κ2) is 7.48. The van der Waals surface area contributed by atoms with Gasteiger partial charge in [-0.15, -0.1) is 0 Å². The molecule has 0 spiro atoms. The summed E-state index contributed by atoms with van der Waals surface area (Å²) in [7, 11) is 0. The average Bonchev–Trinajstić information content (AvgIpc) is 2.64. The van der Waals surface area contributed by atoms with Crippen molar-refractivity contribution in [2.24, 2.45) is 5.73 Å². The molecule has 0 unspecified atom stereocenters. The highest BCUT2D eigenvalue weighted by Gasteiger charge is 2.08. The summed E-state index contributed by atoms with van der Waals surface area (Å²) < 4.78 is 18.5. The minimum Gasteiger partial charge on any atom is -0.457 e. The Balaban J connectivity index is 1.64. The molecule has 0 bridgehead atoms. The van der Waals surface area contributed by atoms with Crippen molar-refractivity contribution in [2.45, 2.75) is 0 Å². The van der Waals surface area contributed by atoms with E-state index in [-0.39, 0.29) is 11.7 Å². The molecule has 0 aliphatic rings. The van der Waals surface area contributed by atoms with Crippen LogP contribution in [0.3, 0.4) is 0 Å². The summed E-state index contributed by atoms with van der Waals surface area (Å²) in [4.78, 5) is 23.3. The lowest BCUT2D eigenvalue weighted by atomic mass is 10.1. The van der Waals surface area contributed by atoms with Gasteiger partial charge in [0.2, 0.25) is 5.91 Å². The lowest BCUT2D eigenvalue weighted by Gasteiger charge is -2.08. The number of rotatable bonds is 5. The Morgan fingerprint density at radius 3 is 1.81 bits per heavy atom. The normalized spacial score (nSPS) is 10.2. The molecule has 26 heavy (non-hydrogen) atoms. The molecule has 0 radical (unpaired) electrons. The molecule has 0 saturated heterocycles. The second-order valence-electron chi connectivity index (χ2n) is 5.48. The standard InChI is InChI=1S/C20H15FN2O3/c21-15-5-11-18(12-6-15)26-17-9-3-14(4-10-17)20(25)23-16-7-1-13(2-8-16)19(22)24/h1-12H,(H2,22,24)(H,23,25). The first-order valence-electron chi connectivity index (χ1n) is 7.76. The van der Waals surface area contributed by atoms with E-state index in [2.05, 4.69) is 5.32 Å². The van der Waals surface area contributed by atoms with Gasteiger partial charge in [0, 0.05) is 16.8 Å². The summed E-state index contributed by atoms with van der Waals surface area (Å²) in [6.45, 7) is 0. The maximum Gasteiger partial charge on any atom is 0.255 e. The lowest BCUT2D eigenvalue weighted by molar-refractivity contribution is 0.0998. The Morgan fingerprint density at radius 1 is 0.769 bits per heavy atom. The van der Waals surface area contributed by atoms with Crippen molar-refractivity contribution in [3.63, 3.8) is 0 Å². The first-order valence-corrected chi connectivity index (χ1v) is 7.76. The van der Waals surface area contributed by atoms with E-state index in [4.69, 9.17) is 10.5 Å². The fourth-order valence-corrected chi connectivity index (χ4v) is 2.23. The smallest absolute Gasteiger partial charge is 0.255 e. The molecule has 6 heteroatoms.